The van der Waals surface area contributed by atoms with Crippen molar-refractivity contribution in [3.05, 3.63) is 43.2 Å². The summed E-state index contributed by atoms with van der Waals surface area (Å²) in [5, 5.41) is 12.5. The molecule has 24 heavy (non-hydrogen) atoms. The molecule has 0 unspecified atom stereocenters. The van der Waals surface area contributed by atoms with Crippen LogP contribution in [0.2, 0.25) is 0 Å². The summed E-state index contributed by atoms with van der Waals surface area (Å²) in [5.41, 5.74) is 0. The minimum atomic E-state index is 0.789. The molecule has 0 bridgehead atoms. The second-order valence-electron chi connectivity index (χ2n) is 5.64. The molecule has 0 aromatic carbocycles. The lowest BCUT2D eigenvalue weighted by molar-refractivity contribution is 0.239. The maximum absolute atomic E-state index is 4.42. The summed E-state index contributed by atoms with van der Waals surface area (Å²) in [5.74, 6) is 1.74. The van der Waals surface area contributed by atoms with Crippen LogP contribution in [-0.2, 0) is 6.54 Å². The number of hydrogen-bond acceptors (Lipinski definition) is 7. The molecular formula is C15H19N9. The zero-order valence-corrected chi connectivity index (χ0v) is 13.3. The van der Waals surface area contributed by atoms with Crippen LogP contribution in [0, 0.1) is 0 Å². The molecule has 0 radical (unpaired) electrons. The van der Waals surface area contributed by atoms with Crippen molar-refractivity contribution in [2.75, 3.05) is 37.6 Å². The highest BCUT2D eigenvalue weighted by Crippen LogP contribution is 2.15. The molecule has 3 aromatic heterocycles. The minimum Gasteiger partial charge on any atom is -0.354 e. The Morgan fingerprint density at radius 3 is 2.38 bits per heavy atom. The van der Waals surface area contributed by atoms with Crippen LogP contribution in [0.4, 0.5) is 5.82 Å². The van der Waals surface area contributed by atoms with Crippen molar-refractivity contribution in [1.29, 1.82) is 0 Å². The molecule has 0 aliphatic carbocycles. The Morgan fingerprint density at radius 1 is 0.833 bits per heavy atom. The summed E-state index contributed by atoms with van der Waals surface area (Å²) >= 11 is 0. The summed E-state index contributed by atoms with van der Waals surface area (Å²) in [6.07, 6.45) is 8.65. The normalized spacial score (nSPS) is 15.8. The Balaban J connectivity index is 1.35. The Morgan fingerprint density at radius 2 is 1.62 bits per heavy atom. The van der Waals surface area contributed by atoms with Gasteiger partial charge in [-0.1, -0.05) is 0 Å². The van der Waals surface area contributed by atoms with Gasteiger partial charge in [-0.25, -0.2) is 14.6 Å². The molecule has 1 fully saturated rings. The van der Waals surface area contributed by atoms with Gasteiger partial charge in [0.15, 0.2) is 5.82 Å². The third-order valence-corrected chi connectivity index (χ3v) is 4.16. The van der Waals surface area contributed by atoms with Crippen molar-refractivity contribution in [3.8, 4) is 5.82 Å². The van der Waals surface area contributed by atoms with Gasteiger partial charge in [0.1, 0.15) is 12.1 Å². The van der Waals surface area contributed by atoms with Crippen molar-refractivity contribution >= 4 is 5.82 Å². The Bertz CT molecular complexity index is 745. The van der Waals surface area contributed by atoms with E-state index in [0.717, 1.165) is 50.9 Å². The third-order valence-electron chi connectivity index (χ3n) is 4.16. The molecule has 1 aliphatic rings. The number of hydrogen-bond donors (Lipinski definition) is 0. The zero-order chi connectivity index (χ0) is 16.2. The Kier molecular flexibility index (Phi) is 4.15. The fraction of sp³-hybridized carbons (Fsp3) is 0.400. The van der Waals surface area contributed by atoms with Gasteiger partial charge in [-0.2, -0.15) is 20.1 Å². The molecule has 4 heterocycles. The second-order valence-corrected chi connectivity index (χ2v) is 5.64. The number of aromatic nitrogens is 7. The van der Waals surface area contributed by atoms with Crippen LogP contribution >= 0.6 is 0 Å². The van der Waals surface area contributed by atoms with E-state index in [1.807, 2.05) is 18.3 Å². The SMILES string of the molecule is c1cnn(-c2cc(N3CCN(CCn4nccn4)CC3)ncn2)c1. The highest BCUT2D eigenvalue weighted by Gasteiger charge is 2.18. The van der Waals surface area contributed by atoms with Gasteiger partial charge in [-0.05, 0) is 6.07 Å². The third kappa shape index (κ3) is 3.25. The highest BCUT2D eigenvalue weighted by atomic mass is 15.5. The van der Waals surface area contributed by atoms with E-state index in [2.05, 4.69) is 35.1 Å². The first kappa shape index (κ1) is 14.8. The summed E-state index contributed by atoms with van der Waals surface area (Å²) in [4.78, 5) is 15.1. The fourth-order valence-electron chi connectivity index (χ4n) is 2.83. The van der Waals surface area contributed by atoms with Crippen LogP contribution in [-0.4, -0.2) is 72.4 Å². The van der Waals surface area contributed by atoms with Gasteiger partial charge in [-0.15, -0.1) is 0 Å². The van der Waals surface area contributed by atoms with Crippen LogP contribution in [0.5, 0.6) is 0 Å². The van der Waals surface area contributed by atoms with E-state index in [1.165, 1.54) is 0 Å². The average molecular weight is 325 g/mol. The number of anilines is 1. The molecule has 0 N–H and O–H groups in total. The molecule has 1 aliphatic heterocycles. The number of rotatable bonds is 5. The van der Waals surface area contributed by atoms with E-state index in [0.29, 0.717) is 0 Å². The van der Waals surface area contributed by atoms with Gasteiger partial charge < -0.3 is 4.90 Å². The first-order valence-corrected chi connectivity index (χ1v) is 8.02. The standard InChI is InChI=1S/C15H19N9/c1-2-18-23(5-1)15-12-14(16-13-17-15)22-9-6-21(7-10-22)8-11-24-19-3-4-20-24/h1-5,12-13H,6-11H2. The predicted octanol–water partition coefficient (Wildman–Crippen LogP) is 0.0760. The molecule has 1 saturated heterocycles. The summed E-state index contributed by atoms with van der Waals surface area (Å²) < 4.78 is 1.75. The molecule has 124 valence electrons. The zero-order valence-electron chi connectivity index (χ0n) is 13.3. The van der Waals surface area contributed by atoms with Crippen molar-refractivity contribution in [2.45, 2.75) is 6.54 Å². The van der Waals surface area contributed by atoms with Gasteiger partial charge in [0.05, 0.1) is 18.9 Å². The fourth-order valence-corrected chi connectivity index (χ4v) is 2.83. The predicted molar refractivity (Wildman–Crippen MR) is 87.8 cm³/mol. The summed E-state index contributed by atoms with van der Waals surface area (Å²) in [6.45, 7) is 5.68. The quantitative estimate of drug-likeness (QED) is 0.657. The van der Waals surface area contributed by atoms with E-state index in [-0.39, 0.29) is 0 Å². The number of nitrogens with zero attached hydrogens (tertiary/aromatic N) is 9. The Labute approximate surface area is 139 Å². The molecule has 9 heteroatoms. The van der Waals surface area contributed by atoms with Crippen LogP contribution in [0.3, 0.4) is 0 Å². The topological polar surface area (TPSA) is 80.8 Å². The molecule has 9 nitrogen and oxygen atoms in total. The van der Waals surface area contributed by atoms with E-state index in [4.69, 9.17) is 0 Å². The van der Waals surface area contributed by atoms with Crippen molar-refractivity contribution in [3.63, 3.8) is 0 Å². The minimum absolute atomic E-state index is 0.789. The van der Waals surface area contributed by atoms with Crippen molar-refractivity contribution in [1.82, 2.24) is 39.6 Å². The second kappa shape index (κ2) is 6.75. The van der Waals surface area contributed by atoms with Gasteiger partial charge >= 0.3 is 0 Å². The summed E-state index contributed by atoms with van der Waals surface area (Å²) in [6, 6.07) is 3.87. The molecule has 0 atom stereocenters. The van der Waals surface area contributed by atoms with E-state index in [1.54, 1.807) is 34.4 Å². The smallest absolute Gasteiger partial charge is 0.158 e. The molecule has 0 amide bonds. The maximum atomic E-state index is 4.42. The molecular weight excluding hydrogens is 306 g/mol. The van der Waals surface area contributed by atoms with Crippen molar-refractivity contribution in [2.24, 2.45) is 0 Å². The molecule has 0 spiro atoms. The lowest BCUT2D eigenvalue weighted by atomic mass is 10.3. The van der Waals surface area contributed by atoms with Crippen molar-refractivity contribution < 1.29 is 0 Å². The largest absolute Gasteiger partial charge is 0.354 e. The first-order chi connectivity index (χ1) is 11.9. The van der Waals surface area contributed by atoms with Crippen LogP contribution in [0.15, 0.2) is 43.2 Å². The Hall–Kier alpha value is -2.81. The van der Waals surface area contributed by atoms with Gasteiger partial charge in [-0.3, -0.25) is 4.90 Å². The van der Waals surface area contributed by atoms with E-state index in [9.17, 15) is 0 Å². The summed E-state index contributed by atoms with van der Waals surface area (Å²) in [7, 11) is 0. The molecule has 0 saturated carbocycles. The number of piperazine rings is 1. The van der Waals surface area contributed by atoms with Gasteiger partial charge in [0, 0.05) is 51.2 Å². The first-order valence-electron chi connectivity index (χ1n) is 8.02. The van der Waals surface area contributed by atoms with Crippen LogP contribution < -0.4 is 4.90 Å². The van der Waals surface area contributed by atoms with E-state index >= 15 is 0 Å². The maximum Gasteiger partial charge on any atom is 0.158 e. The van der Waals surface area contributed by atoms with E-state index < -0.39 is 0 Å². The van der Waals surface area contributed by atoms with Crippen LogP contribution in [0.1, 0.15) is 0 Å². The lowest BCUT2D eigenvalue weighted by Gasteiger charge is -2.35. The highest BCUT2D eigenvalue weighted by molar-refractivity contribution is 5.43. The monoisotopic (exact) mass is 325 g/mol. The molecule has 4 rings (SSSR count). The van der Waals surface area contributed by atoms with Gasteiger partial charge in [0.25, 0.3) is 0 Å². The lowest BCUT2D eigenvalue weighted by Crippen LogP contribution is -2.47. The molecule has 3 aromatic rings. The average Bonchev–Trinajstić information content (AvgIpc) is 3.34. The van der Waals surface area contributed by atoms with Crippen LogP contribution in [0.25, 0.3) is 5.82 Å². The van der Waals surface area contributed by atoms with Gasteiger partial charge in [0.2, 0.25) is 0 Å².